The smallest absolute Gasteiger partial charge is 0.252 e. The lowest BCUT2D eigenvalue weighted by Gasteiger charge is -2.32. The summed E-state index contributed by atoms with van der Waals surface area (Å²) in [5.41, 5.74) is -0.0672. The summed E-state index contributed by atoms with van der Waals surface area (Å²) in [7, 11) is 1.59. The van der Waals surface area contributed by atoms with Gasteiger partial charge < -0.3 is 15.0 Å². The Kier molecular flexibility index (Phi) is 3.35. The van der Waals surface area contributed by atoms with Crippen molar-refractivity contribution in [2.75, 3.05) is 18.6 Å². The van der Waals surface area contributed by atoms with Crippen LogP contribution in [-0.2, 0) is 9.59 Å². The molecule has 112 valence electrons. The lowest BCUT2D eigenvalue weighted by atomic mass is 9.94. The number of nitrogens with one attached hydrogen (secondary N) is 1. The van der Waals surface area contributed by atoms with Crippen molar-refractivity contribution in [3.63, 3.8) is 0 Å². The molecule has 1 saturated carbocycles. The molecule has 2 fully saturated rings. The number of methoxy groups -OCH3 is 1. The Labute approximate surface area is 124 Å². The Morgan fingerprint density at radius 1 is 1.29 bits per heavy atom. The van der Waals surface area contributed by atoms with Gasteiger partial charge in [0, 0.05) is 13.0 Å². The number of ether oxygens (including phenoxy) is 1. The number of hydrogen-bond donors (Lipinski definition) is 1. The van der Waals surface area contributed by atoms with E-state index in [4.69, 9.17) is 4.74 Å². The number of amides is 2. The second-order valence-electron chi connectivity index (χ2n) is 5.90. The van der Waals surface area contributed by atoms with Crippen LogP contribution >= 0.6 is 0 Å². The fourth-order valence-electron chi connectivity index (χ4n) is 3.02. The first-order valence-corrected chi connectivity index (χ1v) is 7.32. The second kappa shape index (κ2) is 5.06. The predicted molar refractivity (Wildman–Crippen MR) is 79.2 cm³/mol. The van der Waals surface area contributed by atoms with Crippen molar-refractivity contribution in [3.8, 4) is 5.75 Å². The van der Waals surface area contributed by atoms with Crippen LogP contribution < -0.4 is 15.0 Å². The first-order valence-electron chi connectivity index (χ1n) is 7.32. The van der Waals surface area contributed by atoms with Gasteiger partial charge in [-0.25, -0.2) is 0 Å². The van der Waals surface area contributed by atoms with Crippen molar-refractivity contribution >= 4 is 17.5 Å². The largest absolute Gasteiger partial charge is 0.495 e. The quantitative estimate of drug-likeness (QED) is 0.921. The van der Waals surface area contributed by atoms with Crippen molar-refractivity contribution in [1.29, 1.82) is 0 Å². The highest BCUT2D eigenvalue weighted by molar-refractivity contribution is 6.05. The van der Waals surface area contributed by atoms with Crippen LogP contribution in [0.1, 0.15) is 26.2 Å². The molecule has 1 aromatic rings. The van der Waals surface area contributed by atoms with Gasteiger partial charge in [-0.15, -0.1) is 0 Å². The summed E-state index contributed by atoms with van der Waals surface area (Å²) < 4.78 is 5.36. The van der Waals surface area contributed by atoms with E-state index >= 15 is 0 Å². The summed E-state index contributed by atoms with van der Waals surface area (Å²) in [6.07, 6.45) is 2.29. The molecule has 5 heteroatoms. The summed E-state index contributed by atoms with van der Waals surface area (Å²) in [5.74, 6) is 0.790. The molecule has 1 aliphatic carbocycles. The third-order valence-electron chi connectivity index (χ3n) is 4.42. The van der Waals surface area contributed by atoms with Crippen LogP contribution in [0, 0.1) is 5.92 Å². The van der Waals surface area contributed by atoms with Gasteiger partial charge in [-0.1, -0.05) is 12.1 Å². The number of hydrogen-bond acceptors (Lipinski definition) is 3. The Balaban J connectivity index is 2.01. The number of nitrogens with zero attached hydrogens (tertiary/aromatic N) is 1. The Hall–Kier alpha value is -2.04. The molecule has 1 N–H and O–H groups in total. The average molecular weight is 288 g/mol. The van der Waals surface area contributed by atoms with Gasteiger partial charge in [0.25, 0.3) is 5.91 Å². The lowest BCUT2D eigenvalue weighted by Crippen LogP contribution is -2.57. The molecule has 1 aromatic carbocycles. The molecular formula is C16H20N2O3. The summed E-state index contributed by atoms with van der Waals surface area (Å²) in [6.45, 7) is 2.23. The van der Waals surface area contributed by atoms with E-state index in [1.165, 1.54) is 0 Å². The van der Waals surface area contributed by atoms with Crippen LogP contribution in [-0.4, -0.2) is 31.0 Å². The van der Waals surface area contributed by atoms with Crippen molar-refractivity contribution in [2.45, 2.75) is 31.7 Å². The Bertz CT molecular complexity index is 583. The summed E-state index contributed by atoms with van der Waals surface area (Å²) in [6, 6.07) is 7.44. The molecule has 0 radical (unpaired) electrons. The number of rotatable bonds is 3. The number of carbonyl (C=O) groups is 2. The molecule has 2 aliphatic rings. The highest BCUT2D eigenvalue weighted by Crippen LogP contribution is 2.42. The minimum atomic E-state index is -0.797. The molecule has 0 spiro atoms. The molecule has 1 atom stereocenters. The standard InChI is InChI=1S/C16H20N2O3/c1-16(11-7-8-11)15(20)18(10-9-14(19)17-16)12-5-3-4-6-13(12)21-2/h3-6,11H,7-10H2,1-2H3,(H,17,19). The van der Waals surface area contributed by atoms with E-state index in [0.29, 0.717) is 18.7 Å². The van der Waals surface area contributed by atoms with Crippen LogP contribution in [0.25, 0.3) is 0 Å². The molecule has 21 heavy (non-hydrogen) atoms. The maximum Gasteiger partial charge on any atom is 0.252 e. The van der Waals surface area contributed by atoms with E-state index in [2.05, 4.69) is 5.32 Å². The minimum Gasteiger partial charge on any atom is -0.495 e. The number of carbonyl (C=O) groups excluding carboxylic acids is 2. The van der Waals surface area contributed by atoms with Crippen molar-refractivity contribution < 1.29 is 14.3 Å². The van der Waals surface area contributed by atoms with Gasteiger partial charge in [-0.2, -0.15) is 0 Å². The maximum absolute atomic E-state index is 13.0. The fourth-order valence-corrected chi connectivity index (χ4v) is 3.02. The second-order valence-corrected chi connectivity index (χ2v) is 5.90. The van der Waals surface area contributed by atoms with E-state index in [0.717, 1.165) is 18.5 Å². The Morgan fingerprint density at radius 3 is 2.67 bits per heavy atom. The fraction of sp³-hybridized carbons (Fsp3) is 0.500. The van der Waals surface area contributed by atoms with Gasteiger partial charge in [-0.3, -0.25) is 9.59 Å². The molecule has 5 nitrogen and oxygen atoms in total. The summed E-state index contributed by atoms with van der Waals surface area (Å²) in [4.78, 5) is 26.7. The van der Waals surface area contributed by atoms with E-state index in [-0.39, 0.29) is 17.7 Å². The van der Waals surface area contributed by atoms with Gasteiger partial charge in [0.15, 0.2) is 0 Å². The highest BCUT2D eigenvalue weighted by atomic mass is 16.5. The number of para-hydroxylation sites is 2. The number of benzene rings is 1. The molecule has 3 rings (SSSR count). The Morgan fingerprint density at radius 2 is 2.00 bits per heavy atom. The molecular weight excluding hydrogens is 268 g/mol. The predicted octanol–water partition coefficient (Wildman–Crippen LogP) is 1.72. The zero-order chi connectivity index (χ0) is 15.0. The summed E-state index contributed by atoms with van der Waals surface area (Å²) >= 11 is 0. The van der Waals surface area contributed by atoms with Crippen LogP contribution in [0.3, 0.4) is 0 Å². The molecule has 1 aliphatic heterocycles. The third kappa shape index (κ3) is 2.37. The molecule has 0 aromatic heterocycles. The van der Waals surface area contributed by atoms with Gasteiger partial charge >= 0.3 is 0 Å². The zero-order valence-corrected chi connectivity index (χ0v) is 12.4. The van der Waals surface area contributed by atoms with Gasteiger partial charge in [0.05, 0.1) is 12.8 Å². The first kappa shape index (κ1) is 13.9. The van der Waals surface area contributed by atoms with E-state index in [1.54, 1.807) is 12.0 Å². The zero-order valence-electron chi connectivity index (χ0n) is 12.4. The van der Waals surface area contributed by atoms with Crippen LogP contribution in [0.5, 0.6) is 5.75 Å². The van der Waals surface area contributed by atoms with E-state index < -0.39 is 5.54 Å². The normalized spacial score (nSPS) is 26.3. The van der Waals surface area contributed by atoms with Crippen molar-refractivity contribution in [2.24, 2.45) is 5.92 Å². The van der Waals surface area contributed by atoms with Crippen LogP contribution in [0.4, 0.5) is 5.69 Å². The third-order valence-corrected chi connectivity index (χ3v) is 4.42. The molecule has 1 heterocycles. The average Bonchev–Trinajstić information content (AvgIpc) is 3.32. The molecule has 0 bridgehead atoms. The SMILES string of the molecule is COc1ccccc1N1CCC(=O)NC(C)(C2CC2)C1=O. The van der Waals surface area contributed by atoms with Gasteiger partial charge in [0.2, 0.25) is 5.91 Å². The molecule has 1 unspecified atom stereocenters. The molecule has 2 amide bonds. The number of anilines is 1. The highest BCUT2D eigenvalue weighted by Gasteiger charge is 2.51. The van der Waals surface area contributed by atoms with Crippen LogP contribution in [0.2, 0.25) is 0 Å². The van der Waals surface area contributed by atoms with Crippen LogP contribution in [0.15, 0.2) is 24.3 Å². The topological polar surface area (TPSA) is 58.6 Å². The van der Waals surface area contributed by atoms with E-state index in [9.17, 15) is 9.59 Å². The van der Waals surface area contributed by atoms with Crippen molar-refractivity contribution in [3.05, 3.63) is 24.3 Å². The van der Waals surface area contributed by atoms with Gasteiger partial charge in [-0.05, 0) is 37.8 Å². The maximum atomic E-state index is 13.0. The summed E-state index contributed by atoms with van der Waals surface area (Å²) in [5, 5.41) is 2.93. The monoisotopic (exact) mass is 288 g/mol. The van der Waals surface area contributed by atoms with Crippen molar-refractivity contribution in [1.82, 2.24) is 5.32 Å². The first-order chi connectivity index (χ1) is 10.1. The molecule has 1 saturated heterocycles. The lowest BCUT2D eigenvalue weighted by molar-refractivity contribution is -0.130. The van der Waals surface area contributed by atoms with Gasteiger partial charge in [0.1, 0.15) is 11.3 Å². The van der Waals surface area contributed by atoms with E-state index in [1.807, 2.05) is 31.2 Å². The minimum absolute atomic E-state index is 0.0413.